The molecule has 0 aromatic heterocycles. The van der Waals surface area contributed by atoms with E-state index in [0.717, 1.165) is 32.9 Å². The summed E-state index contributed by atoms with van der Waals surface area (Å²) in [5.41, 5.74) is 2.30. The molecule has 0 heterocycles. The lowest BCUT2D eigenvalue weighted by molar-refractivity contribution is 0.401. The predicted molar refractivity (Wildman–Crippen MR) is 87.4 cm³/mol. The Labute approximate surface area is 133 Å². The number of halogens is 2. The Morgan fingerprint density at radius 3 is 2.70 bits per heavy atom. The van der Waals surface area contributed by atoms with Gasteiger partial charge in [0.15, 0.2) is 0 Å². The van der Waals surface area contributed by atoms with E-state index < -0.39 is 0 Å². The van der Waals surface area contributed by atoms with E-state index in [1.807, 2.05) is 30.3 Å². The molecule has 0 spiro atoms. The monoisotopic (exact) mass is 353 g/mol. The highest BCUT2D eigenvalue weighted by atomic mass is 79.9. The van der Waals surface area contributed by atoms with Gasteiger partial charge in [0.05, 0.1) is 12.1 Å². The van der Waals surface area contributed by atoms with Gasteiger partial charge in [-0.1, -0.05) is 35.9 Å². The van der Waals surface area contributed by atoms with Crippen LogP contribution in [0.3, 0.4) is 0 Å². The van der Waals surface area contributed by atoms with E-state index in [2.05, 4.69) is 40.3 Å². The summed E-state index contributed by atoms with van der Waals surface area (Å²) >= 11 is 9.50. The summed E-state index contributed by atoms with van der Waals surface area (Å²) in [5.74, 6) is 0.904. The Morgan fingerprint density at radius 1 is 1.25 bits per heavy atom. The minimum atomic E-state index is 0.202. The molecular weight excluding hydrogens is 338 g/mol. The second kappa shape index (κ2) is 7.11. The molecule has 2 rings (SSSR count). The zero-order valence-electron chi connectivity index (χ0n) is 11.5. The van der Waals surface area contributed by atoms with E-state index in [4.69, 9.17) is 16.3 Å². The molecule has 0 unspecified atom stereocenters. The first-order chi connectivity index (χ1) is 9.61. The third-order valence-electron chi connectivity index (χ3n) is 3.20. The van der Waals surface area contributed by atoms with Gasteiger partial charge in [-0.3, -0.25) is 0 Å². The molecule has 0 saturated heterocycles. The molecule has 0 aliphatic rings. The number of ether oxygens (including phenoxy) is 1. The average molecular weight is 355 g/mol. The van der Waals surface area contributed by atoms with Crippen molar-refractivity contribution in [3.63, 3.8) is 0 Å². The molecule has 106 valence electrons. The van der Waals surface area contributed by atoms with Gasteiger partial charge >= 0.3 is 0 Å². The molecule has 1 atom stereocenters. The molecule has 0 amide bonds. The van der Waals surface area contributed by atoms with E-state index in [-0.39, 0.29) is 6.04 Å². The third kappa shape index (κ3) is 3.75. The Hall–Kier alpha value is -1.03. The smallest absolute Gasteiger partial charge is 0.123 e. The molecule has 0 saturated carbocycles. The average Bonchev–Trinajstić information content (AvgIpc) is 2.48. The number of methoxy groups -OCH3 is 1. The van der Waals surface area contributed by atoms with Crippen molar-refractivity contribution in [3.05, 3.63) is 63.1 Å². The van der Waals surface area contributed by atoms with E-state index in [0.29, 0.717) is 0 Å². The maximum absolute atomic E-state index is 6.10. The zero-order valence-corrected chi connectivity index (χ0v) is 13.8. The lowest BCUT2D eigenvalue weighted by atomic mass is 10.1. The fourth-order valence-electron chi connectivity index (χ4n) is 2.05. The van der Waals surface area contributed by atoms with Gasteiger partial charge in [-0.05, 0) is 46.6 Å². The number of nitrogens with one attached hydrogen (secondary N) is 1. The van der Waals surface area contributed by atoms with Crippen LogP contribution in [-0.2, 0) is 6.54 Å². The number of rotatable bonds is 5. The van der Waals surface area contributed by atoms with Crippen LogP contribution < -0.4 is 10.1 Å². The first kappa shape index (κ1) is 15.4. The second-order valence-corrected chi connectivity index (χ2v) is 5.85. The van der Waals surface area contributed by atoms with Crippen molar-refractivity contribution in [3.8, 4) is 5.75 Å². The molecule has 0 aliphatic carbocycles. The Morgan fingerprint density at radius 2 is 2.00 bits per heavy atom. The Kier molecular flexibility index (Phi) is 5.46. The minimum absolute atomic E-state index is 0.202. The summed E-state index contributed by atoms with van der Waals surface area (Å²) in [4.78, 5) is 0. The van der Waals surface area contributed by atoms with Crippen LogP contribution in [0.25, 0.3) is 0 Å². The number of hydrogen-bond donors (Lipinski definition) is 1. The van der Waals surface area contributed by atoms with Gasteiger partial charge in [-0.15, -0.1) is 0 Å². The fourth-order valence-corrected chi connectivity index (χ4v) is 2.50. The SMILES string of the molecule is COc1ccccc1[C@@H](C)NCc1ccc(Br)c(Cl)c1. The van der Waals surface area contributed by atoms with Crippen LogP contribution in [0.15, 0.2) is 46.9 Å². The van der Waals surface area contributed by atoms with Crippen molar-refractivity contribution in [1.82, 2.24) is 5.32 Å². The molecule has 0 aliphatic heterocycles. The second-order valence-electron chi connectivity index (χ2n) is 4.59. The van der Waals surface area contributed by atoms with Gasteiger partial charge in [0.25, 0.3) is 0 Å². The van der Waals surface area contributed by atoms with Gasteiger partial charge in [-0.2, -0.15) is 0 Å². The molecule has 2 aromatic rings. The van der Waals surface area contributed by atoms with E-state index in [1.54, 1.807) is 7.11 Å². The van der Waals surface area contributed by atoms with Crippen LogP contribution in [0.2, 0.25) is 5.02 Å². The molecule has 0 bridgehead atoms. The van der Waals surface area contributed by atoms with Crippen LogP contribution in [0, 0.1) is 0 Å². The molecule has 4 heteroatoms. The highest BCUT2D eigenvalue weighted by Gasteiger charge is 2.10. The highest BCUT2D eigenvalue weighted by Crippen LogP contribution is 2.26. The van der Waals surface area contributed by atoms with E-state index >= 15 is 0 Å². The quantitative estimate of drug-likeness (QED) is 0.819. The predicted octanol–water partition coefficient (Wildman–Crippen LogP) is 4.96. The number of benzene rings is 2. The van der Waals surface area contributed by atoms with E-state index in [1.165, 1.54) is 0 Å². The molecule has 0 radical (unpaired) electrons. The molecule has 20 heavy (non-hydrogen) atoms. The van der Waals surface area contributed by atoms with Crippen LogP contribution in [0.1, 0.15) is 24.1 Å². The van der Waals surface area contributed by atoms with Crippen LogP contribution in [0.4, 0.5) is 0 Å². The van der Waals surface area contributed by atoms with Crippen LogP contribution in [-0.4, -0.2) is 7.11 Å². The molecule has 1 N–H and O–H groups in total. The first-order valence-corrected chi connectivity index (χ1v) is 7.59. The number of para-hydroxylation sites is 1. The molecular formula is C16H17BrClNO. The van der Waals surface area contributed by atoms with Crippen molar-refractivity contribution in [2.75, 3.05) is 7.11 Å². The summed E-state index contributed by atoms with van der Waals surface area (Å²) in [5, 5.41) is 4.21. The van der Waals surface area contributed by atoms with Gasteiger partial charge < -0.3 is 10.1 Å². The van der Waals surface area contributed by atoms with Crippen molar-refractivity contribution in [2.24, 2.45) is 0 Å². The summed E-state index contributed by atoms with van der Waals surface area (Å²) in [6.07, 6.45) is 0. The fraction of sp³-hybridized carbons (Fsp3) is 0.250. The Bertz CT molecular complexity index is 588. The normalized spacial score (nSPS) is 12.2. The van der Waals surface area contributed by atoms with Gasteiger partial charge in [0.1, 0.15) is 5.75 Å². The van der Waals surface area contributed by atoms with Crippen LogP contribution >= 0.6 is 27.5 Å². The first-order valence-electron chi connectivity index (χ1n) is 6.42. The van der Waals surface area contributed by atoms with Crippen molar-refractivity contribution in [2.45, 2.75) is 19.5 Å². The zero-order chi connectivity index (χ0) is 14.5. The van der Waals surface area contributed by atoms with Crippen molar-refractivity contribution in [1.29, 1.82) is 0 Å². The van der Waals surface area contributed by atoms with E-state index in [9.17, 15) is 0 Å². The summed E-state index contributed by atoms with van der Waals surface area (Å²) < 4.78 is 6.30. The highest BCUT2D eigenvalue weighted by molar-refractivity contribution is 9.10. The van der Waals surface area contributed by atoms with Crippen molar-refractivity contribution >= 4 is 27.5 Å². The van der Waals surface area contributed by atoms with Crippen LogP contribution in [0.5, 0.6) is 5.75 Å². The molecule has 0 fully saturated rings. The standard InChI is InChI=1S/C16H17BrClNO/c1-11(13-5-3-4-6-16(13)20-2)19-10-12-7-8-14(17)15(18)9-12/h3-9,11,19H,10H2,1-2H3/t11-/m1/s1. The largest absolute Gasteiger partial charge is 0.496 e. The minimum Gasteiger partial charge on any atom is -0.496 e. The summed E-state index contributed by atoms with van der Waals surface area (Å²) in [6.45, 7) is 2.88. The summed E-state index contributed by atoms with van der Waals surface area (Å²) in [6, 6.07) is 14.2. The third-order valence-corrected chi connectivity index (χ3v) is 4.43. The maximum atomic E-state index is 6.10. The van der Waals surface area contributed by atoms with Gasteiger partial charge in [0, 0.05) is 22.6 Å². The number of hydrogen-bond acceptors (Lipinski definition) is 2. The Balaban J connectivity index is 2.04. The molecule has 2 nitrogen and oxygen atoms in total. The van der Waals surface area contributed by atoms with Gasteiger partial charge in [-0.25, -0.2) is 0 Å². The lowest BCUT2D eigenvalue weighted by Crippen LogP contribution is -2.18. The maximum Gasteiger partial charge on any atom is 0.123 e. The summed E-state index contributed by atoms with van der Waals surface area (Å²) in [7, 11) is 1.69. The topological polar surface area (TPSA) is 21.3 Å². The lowest BCUT2D eigenvalue weighted by Gasteiger charge is -2.17. The van der Waals surface area contributed by atoms with Gasteiger partial charge in [0.2, 0.25) is 0 Å². The van der Waals surface area contributed by atoms with Crippen molar-refractivity contribution < 1.29 is 4.74 Å². The molecule has 2 aromatic carbocycles.